The first-order chi connectivity index (χ1) is 9.12. The Morgan fingerprint density at radius 3 is 2.50 bits per heavy atom. The number of halogens is 4. The molecule has 0 atom stereocenters. The first kappa shape index (κ1) is 15.7. The fourth-order valence-electron chi connectivity index (χ4n) is 1.83. The first-order valence-electron chi connectivity index (χ1n) is 5.51. The summed E-state index contributed by atoms with van der Waals surface area (Å²) in [6.07, 6.45) is -3.85. The third-order valence-corrected chi connectivity index (χ3v) is 6.55. The van der Waals surface area contributed by atoms with Gasteiger partial charge in [0.1, 0.15) is 0 Å². The van der Waals surface area contributed by atoms with Crippen LogP contribution in [0.2, 0.25) is 4.47 Å². The molecule has 4 nitrogen and oxygen atoms in total. The normalized spacial score (nSPS) is 18.1. The molecule has 0 amide bonds. The van der Waals surface area contributed by atoms with Crippen LogP contribution in [0.25, 0.3) is 0 Å². The second-order valence-electron chi connectivity index (χ2n) is 4.18. The summed E-state index contributed by atoms with van der Waals surface area (Å²) in [5, 5.41) is 0. The summed E-state index contributed by atoms with van der Waals surface area (Å²) >= 11 is 6.46. The van der Waals surface area contributed by atoms with Crippen molar-refractivity contribution in [2.75, 3.05) is 13.1 Å². The summed E-state index contributed by atoms with van der Waals surface area (Å²) < 4.78 is 63.2. The average Bonchev–Trinajstić information content (AvgIpc) is 2.68. The number of thiazole rings is 1. The van der Waals surface area contributed by atoms with Gasteiger partial charge in [0.15, 0.2) is 8.68 Å². The Hall–Kier alpha value is -0.640. The highest BCUT2D eigenvalue weighted by atomic mass is 35.5. The van der Waals surface area contributed by atoms with E-state index in [1.54, 1.807) is 0 Å². The molecule has 0 fully saturated rings. The Labute approximate surface area is 122 Å². The van der Waals surface area contributed by atoms with Crippen LogP contribution in [0.1, 0.15) is 12.1 Å². The van der Waals surface area contributed by atoms with E-state index in [-0.39, 0.29) is 33.9 Å². The van der Waals surface area contributed by atoms with Gasteiger partial charge in [-0.1, -0.05) is 29.0 Å². The number of alkyl halides is 3. The third kappa shape index (κ3) is 3.00. The standard InChI is InChI=1S/C10H10ClF3N2O2S2/c1-6-8(19-9(11)15-6)20(17,18)16-4-2-7(3-5-16)10(12,13)14/h2H,3-5H2,1H3. The summed E-state index contributed by atoms with van der Waals surface area (Å²) in [6, 6.07) is 0. The lowest BCUT2D eigenvalue weighted by atomic mass is 10.1. The Morgan fingerprint density at radius 2 is 2.10 bits per heavy atom. The molecule has 0 aromatic carbocycles. The van der Waals surface area contributed by atoms with E-state index in [2.05, 4.69) is 4.98 Å². The largest absolute Gasteiger partial charge is 0.412 e. The molecule has 0 radical (unpaired) electrons. The highest BCUT2D eigenvalue weighted by molar-refractivity contribution is 7.91. The van der Waals surface area contributed by atoms with Gasteiger partial charge in [-0.15, -0.1) is 0 Å². The molecular weight excluding hydrogens is 337 g/mol. The van der Waals surface area contributed by atoms with Crippen molar-refractivity contribution in [3.8, 4) is 0 Å². The van der Waals surface area contributed by atoms with Gasteiger partial charge in [0.25, 0.3) is 10.0 Å². The fourth-order valence-corrected chi connectivity index (χ4v) is 5.09. The molecular formula is C10H10ClF3N2O2S2. The number of aromatic nitrogens is 1. The molecule has 0 unspecified atom stereocenters. The minimum atomic E-state index is -4.40. The molecule has 2 heterocycles. The van der Waals surface area contributed by atoms with Crippen LogP contribution < -0.4 is 0 Å². The molecule has 0 N–H and O–H groups in total. The van der Waals surface area contributed by atoms with Crippen molar-refractivity contribution in [2.45, 2.75) is 23.7 Å². The molecule has 2 rings (SSSR count). The van der Waals surface area contributed by atoms with E-state index >= 15 is 0 Å². The summed E-state index contributed by atoms with van der Waals surface area (Å²) in [4.78, 5) is 3.81. The molecule has 112 valence electrons. The molecule has 0 bridgehead atoms. The zero-order valence-electron chi connectivity index (χ0n) is 10.2. The van der Waals surface area contributed by atoms with Gasteiger partial charge in [-0.2, -0.15) is 17.5 Å². The molecule has 0 saturated carbocycles. The third-order valence-electron chi connectivity index (χ3n) is 2.84. The van der Waals surface area contributed by atoms with Crippen LogP contribution >= 0.6 is 22.9 Å². The minimum absolute atomic E-state index is 0.0219. The van der Waals surface area contributed by atoms with Crippen molar-refractivity contribution in [1.82, 2.24) is 9.29 Å². The monoisotopic (exact) mass is 346 g/mol. The van der Waals surface area contributed by atoms with Gasteiger partial charge in [0.2, 0.25) is 0 Å². The van der Waals surface area contributed by atoms with Crippen molar-refractivity contribution >= 4 is 33.0 Å². The topological polar surface area (TPSA) is 50.3 Å². The predicted octanol–water partition coefficient (Wildman–Crippen LogP) is 2.99. The van der Waals surface area contributed by atoms with Crippen LogP contribution in [-0.2, 0) is 10.0 Å². The van der Waals surface area contributed by atoms with Crippen LogP contribution in [0.4, 0.5) is 13.2 Å². The molecule has 10 heteroatoms. The maximum absolute atomic E-state index is 12.5. The van der Waals surface area contributed by atoms with Crippen LogP contribution in [0.3, 0.4) is 0 Å². The molecule has 0 saturated heterocycles. The summed E-state index contributed by atoms with van der Waals surface area (Å²) in [5.74, 6) is 0. The minimum Gasteiger partial charge on any atom is -0.229 e. The number of hydrogen-bond donors (Lipinski definition) is 0. The molecule has 0 aliphatic carbocycles. The van der Waals surface area contributed by atoms with Crippen molar-refractivity contribution in [1.29, 1.82) is 0 Å². The molecule has 0 spiro atoms. The van der Waals surface area contributed by atoms with Crippen molar-refractivity contribution in [3.05, 3.63) is 21.8 Å². The lowest BCUT2D eigenvalue weighted by molar-refractivity contribution is -0.0953. The van der Waals surface area contributed by atoms with Gasteiger partial charge in [0, 0.05) is 18.7 Å². The highest BCUT2D eigenvalue weighted by Crippen LogP contribution is 2.34. The van der Waals surface area contributed by atoms with Crippen LogP contribution in [0, 0.1) is 6.92 Å². The summed E-state index contributed by atoms with van der Waals surface area (Å²) in [6.45, 7) is 0.991. The number of nitrogens with zero attached hydrogens (tertiary/aromatic N) is 2. The molecule has 1 aromatic heterocycles. The van der Waals surface area contributed by atoms with Gasteiger partial charge < -0.3 is 0 Å². The van der Waals surface area contributed by atoms with E-state index in [1.165, 1.54) is 6.92 Å². The smallest absolute Gasteiger partial charge is 0.229 e. The molecule has 1 aliphatic rings. The Morgan fingerprint density at radius 1 is 1.45 bits per heavy atom. The number of aryl methyl sites for hydroxylation is 1. The molecule has 20 heavy (non-hydrogen) atoms. The maximum atomic E-state index is 12.5. The van der Waals surface area contributed by atoms with Crippen molar-refractivity contribution in [2.24, 2.45) is 0 Å². The van der Waals surface area contributed by atoms with Gasteiger partial charge >= 0.3 is 6.18 Å². The van der Waals surface area contributed by atoms with E-state index in [1.807, 2.05) is 0 Å². The second kappa shape index (κ2) is 5.28. The van der Waals surface area contributed by atoms with E-state index in [0.29, 0.717) is 0 Å². The van der Waals surface area contributed by atoms with Gasteiger partial charge in [-0.25, -0.2) is 13.4 Å². The fraction of sp³-hybridized carbons (Fsp3) is 0.500. The second-order valence-corrected chi connectivity index (χ2v) is 7.89. The van der Waals surface area contributed by atoms with Gasteiger partial charge in [-0.05, 0) is 13.3 Å². The molecule has 1 aliphatic heterocycles. The summed E-state index contributed by atoms with van der Waals surface area (Å²) in [5.41, 5.74) is -0.436. The van der Waals surface area contributed by atoms with Crippen LogP contribution in [-0.4, -0.2) is 37.0 Å². The quantitative estimate of drug-likeness (QED) is 0.773. The van der Waals surface area contributed by atoms with Crippen LogP contribution in [0.15, 0.2) is 15.9 Å². The van der Waals surface area contributed by atoms with Gasteiger partial charge in [0.05, 0.1) is 5.69 Å². The zero-order valence-corrected chi connectivity index (χ0v) is 12.6. The number of rotatable bonds is 2. The molecule has 1 aromatic rings. The SMILES string of the molecule is Cc1nc(Cl)sc1S(=O)(=O)N1CC=C(C(F)(F)F)CC1. The summed E-state index contributed by atoms with van der Waals surface area (Å²) in [7, 11) is -3.85. The van der Waals surface area contributed by atoms with E-state index in [0.717, 1.165) is 21.7 Å². The van der Waals surface area contributed by atoms with E-state index < -0.39 is 21.8 Å². The van der Waals surface area contributed by atoms with Gasteiger partial charge in [-0.3, -0.25) is 0 Å². The Kier molecular flexibility index (Phi) is 4.16. The maximum Gasteiger partial charge on any atom is 0.412 e. The zero-order chi connectivity index (χ0) is 15.1. The predicted molar refractivity (Wildman–Crippen MR) is 69.4 cm³/mol. The Balaban J connectivity index is 2.26. The number of sulfonamides is 1. The highest BCUT2D eigenvalue weighted by Gasteiger charge is 2.38. The van der Waals surface area contributed by atoms with E-state index in [4.69, 9.17) is 11.6 Å². The Bertz CT molecular complexity index is 652. The average molecular weight is 347 g/mol. The van der Waals surface area contributed by atoms with Crippen molar-refractivity contribution in [3.63, 3.8) is 0 Å². The number of hydrogen-bond acceptors (Lipinski definition) is 4. The lowest BCUT2D eigenvalue weighted by Gasteiger charge is -2.26. The van der Waals surface area contributed by atoms with Crippen LogP contribution in [0.5, 0.6) is 0 Å². The van der Waals surface area contributed by atoms with Crippen molar-refractivity contribution < 1.29 is 21.6 Å². The first-order valence-corrected chi connectivity index (χ1v) is 8.15. The van der Waals surface area contributed by atoms with E-state index in [9.17, 15) is 21.6 Å². The lowest BCUT2D eigenvalue weighted by Crippen LogP contribution is -2.36.